The zero-order valence-corrected chi connectivity index (χ0v) is 11.7. The second-order valence-electron chi connectivity index (χ2n) is 3.63. The van der Waals surface area contributed by atoms with Crippen LogP contribution in [-0.2, 0) is 10.0 Å². The zero-order chi connectivity index (χ0) is 11.8. The highest BCUT2D eigenvalue weighted by atomic mass is 79.9. The maximum atomic E-state index is 12.3. The van der Waals surface area contributed by atoms with Gasteiger partial charge in [-0.15, -0.1) is 11.3 Å². The molecule has 1 N–H and O–H groups in total. The van der Waals surface area contributed by atoms with Crippen molar-refractivity contribution in [2.45, 2.75) is 23.1 Å². The summed E-state index contributed by atoms with van der Waals surface area (Å²) in [5, 5.41) is 10.7. The Morgan fingerprint density at radius 3 is 2.69 bits per heavy atom. The summed E-state index contributed by atoms with van der Waals surface area (Å²) in [6.45, 7) is 0.0378. The average molecular weight is 326 g/mol. The first-order valence-electron chi connectivity index (χ1n) is 4.93. The molecule has 0 bridgehead atoms. The van der Waals surface area contributed by atoms with Gasteiger partial charge in [-0.05, 0) is 40.2 Å². The van der Waals surface area contributed by atoms with E-state index >= 15 is 0 Å². The highest BCUT2D eigenvalue weighted by Gasteiger charge is 2.38. The van der Waals surface area contributed by atoms with E-state index in [0.29, 0.717) is 8.68 Å². The Bertz CT molecular complexity index is 467. The summed E-state index contributed by atoms with van der Waals surface area (Å²) in [6.07, 6.45) is 1.78. The van der Waals surface area contributed by atoms with Gasteiger partial charge in [0, 0.05) is 17.1 Å². The highest BCUT2D eigenvalue weighted by Crippen LogP contribution is 2.36. The third-order valence-electron chi connectivity index (χ3n) is 2.40. The van der Waals surface area contributed by atoms with Gasteiger partial charge >= 0.3 is 0 Å². The predicted molar refractivity (Wildman–Crippen MR) is 66.0 cm³/mol. The van der Waals surface area contributed by atoms with Gasteiger partial charge in [-0.1, -0.05) is 0 Å². The molecule has 0 aromatic carbocycles. The fourth-order valence-corrected chi connectivity index (χ4v) is 5.63. The molecule has 1 aliphatic carbocycles. The van der Waals surface area contributed by atoms with Crippen molar-refractivity contribution in [3.8, 4) is 0 Å². The van der Waals surface area contributed by atoms with Crippen molar-refractivity contribution in [3.63, 3.8) is 0 Å². The van der Waals surface area contributed by atoms with E-state index in [1.807, 2.05) is 0 Å². The minimum atomic E-state index is -3.44. The number of aliphatic hydroxyl groups excluding tert-OH is 1. The summed E-state index contributed by atoms with van der Waals surface area (Å²) in [4.78, 5) is 0. The summed E-state index contributed by atoms with van der Waals surface area (Å²) >= 11 is 4.43. The average Bonchev–Trinajstić information content (AvgIpc) is 2.96. The summed E-state index contributed by atoms with van der Waals surface area (Å²) in [6, 6.07) is 1.80. The third-order valence-corrected chi connectivity index (χ3v) is 7.00. The number of aliphatic hydroxyl groups is 1. The lowest BCUT2D eigenvalue weighted by Crippen LogP contribution is -2.35. The molecule has 90 valence electrons. The molecular formula is C9H12BrNO3S2. The molecule has 1 heterocycles. The van der Waals surface area contributed by atoms with Crippen molar-refractivity contribution < 1.29 is 13.5 Å². The van der Waals surface area contributed by atoms with Gasteiger partial charge in [0.1, 0.15) is 4.21 Å². The molecule has 16 heavy (non-hydrogen) atoms. The van der Waals surface area contributed by atoms with Crippen LogP contribution in [-0.4, -0.2) is 37.0 Å². The van der Waals surface area contributed by atoms with E-state index in [2.05, 4.69) is 15.9 Å². The molecule has 4 nitrogen and oxygen atoms in total. The Labute approximate surface area is 107 Å². The van der Waals surface area contributed by atoms with E-state index in [0.717, 1.165) is 12.8 Å². The van der Waals surface area contributed by atoms with Crippen LogP contribution in [0.25, 0.3) is 0 Å². The fourth-order valence-electron chi connectivity index (χ4n) is 1.53. The molecule has 2 rings (SSSR count). The molecule has 1 aromatic heterocycles. The first kappa shape index (κ1) is 12.5. The van der Waals surface area contributed by atoms with Crippen LogP contribution >= 0.6 is 27.3 Å². The summed E-state index contributed by atoms with van der Waals surface area (Å²) in [5.41, 5.74) is 0. The van der Waals surface area contributed by atoms with Crippen LogP contribution in [0.2, 0.25) is 0 Å². The van der Waals surface area contributed by atoms with Crippen LogP contribution < -0.4 is 0 Å². The van der Waals surface area contributed by atoms with Crippen LogP contribution in [0.1, 0.15) is 12.8 Å². The Morgan fingerprint density at radius 2 is 2.25 bits per heavy atom. The Kier molecular flexibility index (Phi) is 3.70. The van der Waals surface area contributed by atoms with Crippen molar-refractivity contribution in [1.82, 2.24) is 4.31 Å². The quantitative estimate of drug-likeness (QED) is 0.895. The largest absolute Gasteiger partial charge is 0.395 e. The SMILES string of the molecule is O=S(=O)(c1sccc1Br)N(CCO)C1CC1. The predicted octanol–water partition coefficient (Wildman–Crippen LogP) is 1.66. The van der Waals surface area contributed by atoms with Crippen LogP contribution in [0.15, 0.2) is 20.1 Å². The van der Waals surface area contributed by atoms with E-state index in [4.69, 9.17) is 5.11 Å². The second-order valence-corrected chi connectivity index (χ2v) is 7.48. The topological polar surface area (TPSA) is 57.6 Å². The van der Waals surface area contributed by atoms with E-state index in [-0.39, 0.29) is 19.2 Å². The summed E-state index contributed by atoms with van der Waals surface area (Å²) in [5.74, 6) is 0. The third kappa shape index (κ3) is 2.33. The molecule has 1 aromatic rings. The van der Waals surface area contributed by atoms with Gasteiger partial charge in [0.2, 0.25) is 0 Å². The number of rotatable bonds is 5. The second kappa shape index (κ2) is 4.73. The molecule has 1 aliphatic rings. The monoisotopic (exact) mass is 325 g/mol. The van der Waals surface area contributed by atoms with Gasteiger partial charge in [-0.3, -0.25) is 0 Å². The lowest BCUT2D eigenvalue weighted by Gasteiger charge is -2.19. The standard InChI is InChI=1S/C9H12BrNO3S2/c10-8-3-6-15-9(8)16(13,14)11(4-5-12)7-1-2-7/h3,6-7,12H,1-2,4-5H2. The molecule has 1 saturated carbocycles. The van der Waals surface area contributed by atoms with Crippen molar-refractivity contribution in [3.05, 3.63) is 15.9 Å². The zero-order valence-electron chi connectivity index (χ0n) is 8.47. The molecular weight excluding hydrogens is 314 g/mol. The number of nitrogens with zero attached hydrogens (tertiary/aromatic N) is 1. The number of sulfonamides is 1. The summed E-state index contributed by atoms with van der Waals surface area (Å²) < 4.78 is 26.9. The van der Waals surface area contributed by atoms with E-state index < -0.39 is 10.0 Å². The molecule has 0 unspecified atom stereocenters. The highest BCUT2D eigenvalue weighted by molar-refractivity contribution is 9.10. The van der Waals surface area contributed by atoms with E-state index in [1.54, 1.807) is 11.4 Å². The molecule has 0 atom stereocenters. The Hall–Kier alpha value is 0.0500. The van der Waals surface area contributed by atoms with Gasteiger partial charge < -0.3 is 5.11 Å². The number of hydrogen-bond acceptors (Lipinski definition) is 4. The number of thiophene rings is 1. The maximum absolute atomic E-state index is 12.3. The van der Waals surface area contributed by atoms with Crippen molar-refractivity contribution in [2.75, 3.05) is 13.2 Å². The normalized spacial score (nSPS) is 16.9. The van der Waals surface area contributed by atoms with Crippen LogP contribution in [0.5, 0.6) is 0 Å². The van der Waals surface area contributed by atoms with Crippen molar-refractivity contribution in [1.29, 1.82) is 0 Å². The van der Waals surface area contributed by atoms with Gasteiger partial charge in [0.15, 0.2) is 0 Å². The van der Waals surface area contributed by atoms with Gasteiger partial charge in [-0.2, -0.15) is 4.31 Å². The van der Waals surface area contributed by atoms with Gasteiger partial charge in [0.05, 0.1) is 6.61 Å². The Balaban J connectivity index is 2.32. The first-order valence-corrected chi connectivity index (χ1v) is 8.04. The minimum absolute atomic E-state index is 0.0751. The summed E-state index contributed by atoms with van der Waals surface area (Å²) in [7, 11) is -3.44. The van der Waals surface area contributed by atoms with Gasteiger partial charge in [0.25, 0.3) is 10.0 Å². The molecule has 0 saturated heterocycles. The van der Waals surface area contributed by atoms with Crippen molar-refractivity contribution in [2.24, 2.45) is 0 Å². The van der Waals surface area contributed by atoms with E-state index in [9.17, 15) is 8.42 Å². The maximum Gasteiger partial charge on any atom is 0.254 e. The van der Waals surface area contributed by atoms with Crippen LogP contribution in [0.3, 0.4) is 0 Å². The molecule has 0 radical (unpaired) electrons. The lowest BCUT2D eigenvalue weighted by atomic mass is 10.6. The van der Waals surface area contributed by atoms with Crippen LogP contribution in [0, 0.1) is 0 Å². The van der Waals surface area contributed by atoms with Crippen LogP contribution in [0.4, 0.5) is 0 Å². The molecule has 1 fully saturated rings. The smallest absolute Gasteiger partial charge is 0.254 e. The van der Waals surface area contributed by atoms with Crippen molar-refractivity contribution >= 4 is 37.3 Å². The van der Waals surface area contributed by atoms with E-state index in [1.165, 1.54) is 15.6 Å². The first-order chi connectivity index (χ1) is 7.57. The molecule has 7 heteroatoms. The lowest BCUT2D eigenvalue weighted by molar-refractivity contribution is 0.250. The Morgan fingerprint density at radius 1 is 1.56 bits per heavy atom. The molecule has 0 spiro atoms. The molecule has 0 aliphatic heterocycles. The number of hydrogen-bond donors (Lipinski definition) is 1. The number of halogens is 1. The fraction of sp³-hybridized carbons (Fsp3) is 0.556. The minimum Gasteiger partial charge on any atom is -0.395 e. The molecule has 0 amide bonds. The van der Waals surface area contributed by atoms with Gasteiger partial charge in [-0.25, -0.2) is 8.42 Å².